The van der Waals surface area contributed by atoms with Crippen LogP contribution in [0.1, 0.15) is 23.2 Å². The molecule has 0 saturated heterocycles. The molecule has 1 aliphatic carbocycles. The summed E-state index contributed by atoms with van der Waals surface area (Å²) in [5.41, 5.74) is -0.174. The van der Waals surface area contributed by atoms with Crippen LogP contribution >= 0.6 is 11.6 Å². The molecule has 1 aromatic heterocycles. The van der Waals surface area contributed by atoms with Gasteiger partial charge in [0.1, 0.15) is 11.1 Å². The van der Waals surface area contributed by atoms with Crippen molar-refractivity contribution in [3.05, 3.63) is 45.3 Å². The highest BCUT2D eigenvalue weighted by molar-refractivity contribution is 6.31. The third kappa shape index (κ3) is 2.11. The van der Waals surface area contributed by atoms with E-state index in [0.29, 0.717) is 16.0 Å². The van der Waals surface area contributed by atoms with Crippen molar-refractivity contribution in [2.24, 2.45) is 0 Å². The summed E-state index contributed by atoms with van der Waals surface area (Å²) in [6.45, 7) is 0. The average Bonchev–Trinajstić information content (AvgIpc) is 3.12. The molecule has 5 heteroatoms. The van der Waals surface area contributed by atoms with E-state index in [-0.39, 0.29) is 17.5 Å². The molecule has 1 aliphatic rings. The van der Waals surface area contributed by atoms with E-state index in [4.69, 9.17) is 16.0 Å². The van der Waals surface area contributed by atoms with Gasteiger partial charge in [0.25, 0.3) is 5.91 Å². The van der Waals surface area contributed by atoms with Crippen LogP contribution in [0.5, 0.6) is 0 Å². The minimum absolute atomic E-state index is 0.0247. The van der Waals surface area contributed by atoms with E-state index in [2.05, 4.69) is 5.32 Å². The number of amides is 1. The summed E-state index contributed by atoms with van der Waals surface area (Å²) >= 11 is 5.86. The van der Waals surface area contributed by atoms with Crippen molar-refractivity contribution in [3.63, 3.8) is 0 Å². The van der Waals surface area contributed by atoms with Crippen LogP contribution in [0.3, 0.4) is 0 Å². The highest BCUT2D eigenvalue weighted by Gasteiger charge is 2.25. The molecule has 1 N–H and O–H groups in total. The third-order valence-corrected chi connectivity index (χ3v) is 3.09. The number of halogens is 1. The van der Waals surface area contributed by atoms with Gasteiger partial charge in [0.15, 0.2) is 0 Å². The van der Waals surface area contributed by atoms with E-state index in [0.717, 1.165) is 12.8 Å². The maximum Gasteiger partial charge on any atom is 0.349 e. The number of rotatable bonds is 2. The van der Waals surface area contributed by atoms with E-state index in [1.165, 1.54) is 6.07 Å². The number of hydrogen-bond acceptors (Lipinski definition) is 3. The van der Waals surface area contributed by atoms with Crippen LogP contribution < -0.4 is 10.9 Å². The maximum absolute atomic E-state index is 11.8. The van der Waals surface area contributed by atoms with Crippen molar-refractivity contribution >= 4 is 28.5 Å². The standard InChI is InChI=1S/C13H10ClNO3/c14-8-1-4-11-7(5-8)6-10(13(17)18-11)12(16)15-9-2-3-9/h1,4-6,9H,2-3H2,(H,15,16). The fourth-order valence-electron chi connectivity index (χ4n) is 1.74. The molecule has 0 spiro atoms. The molecule has 1 saturated carbocycles. The zero-order valence-corrected chi connectivity index (χ0v) is 10.2. The second-order valence-electron chi connectivity index (χ2n) is 4.38. The van der Waals surface area contributed by atoms with E-state index < -0.39 is 5.63 Å². The van der Waals surface area contributed by atoms with Gasteiger partial charge in [0, 0.05) is 16.5 Å². The second-order valence-corrected chi connectivity index (χ2v) is 4.81. The van der Waals surface area contributed by atoms with E-state index in [1.807, 2.05) is 0 Å². The molecular formula is C13H10ClNO3. The van der Waals surface area contributed by atoms with Crippen molar-refractivity contribution in [2.45, 2.75) is 18.9 Å². The first kappa shape index (κ1) is 11.3. The largest absolute Gasteiger partial charge is 0.422 e. The van der Waals surface area contributed by atoms with Gasteiger partial charge in [0.2, 0.25) is 0 Å². The molecule has 0 atom stereocenters. The Balaban J connectivity index is 2.07. The molecule has 0 radical (unpaired) electrons. The zero-order valence-electron chi connectivity index (χ0n) is 9.40. The number of carbonyl (C=O) groups is 1. The van der Waals surface area contributed by atoms with Gasteiger partial charge < -0.3 is 9.73 Å². The van der Waals surface area contributed by atoms with E-state index >= 15 is 0 Å². The number of fused-ring (bicyclic) bond motifs is 1. The van der Waals surface area contributed by atoms with Gasteiger partial charge in [-0.25, -0.2) is 4.79 Å². The predicted molar refractivity (Wildman–Crippen MR) is 68.0 cm³/mol. The van der Waals surface area contributed by atoms with Crippen LogP contribution in [0.2, 0.25) is 5.02 Å². The third-order valence-electron chi connectivity index (χ3n) is 2.85. The van der Waals surface area contributed by atoms with Crippen molar-refractivity contribution < 1.29 is 9.21 Å². The molecule has 18 heavy (non-hydrogen) atoms. The molecule has 0 unspecified atom stereocenters. The van der Waals surface area contributed by atoms with Crippen molar-refractivity contribution in [2.75, 3.05) is 0 Å². The fourth-order valence-corrected chi connectivity index (χ4v) is 1.92. The Labute approximate surface area is 108 Å². The Kier molecular flexibility index (Phi) is 2.59. The molecular weight excluding hydrogens is 254 g/mol. The molecule has 0 bridgehead atoms. The highest BCUT2D eigenvalue weighted by atomic mass is 35.5. The van der Waals surface area contributed by atoms with Crippen molar-refractivity contribution in [3.8, 4) is 0 Å². The van der Waals surface area contributed by atoms with Crippen molar-refractivity contribution in [1.82, 2.24) is 5.32 Å². The smallest absolute Gasteiger partial charge is 0.349 e. The Morgan fingerprint density at radius 3 is 2.83 bits per heavy atom. The Morgan fingerprint density at radius 2 is 2.11 bits per heavy atom. The van der Waals surface area contributed by atoms with Gasteiger partial charge in [-0.2, -0.15) is 0 Å². The number of benzene rings is 1. The summed E-state index contributed by atoms with van der Waals surface area (Å²) in [6, 6.07) is 6.63. The number of carbonyl (C=O) groups excluding carboxylic acids is 1. The Hall–Kier alpha value is -1.81. The SMILES string of the molecule is O=C(NC1CC1)c1cc2cc(Cl)ccc2oc1=O. The van der Waals surface area contributed by atoms with Crippen LogP contribution in [0.4, 0.5) is 0 Å². The minimum Gasteiger partial charge on any atom is -0.422 e. The molecule has 1 heterocycles. The van der Waals surface area contributed by atoms with Gasteiger partial charge in [-0.15, -0.1) is 0 Å². The van der Waals surface area contributed by atoms with E-state index in [1.54, 1.807) is 18.2 Å². The van der Waals surface area contributed by atoms with Crippen LogP contribution in [0, 0.1) is 0 Å². The Morgan fingerprint density at radius 1 is 1.33 bits per heavy atom. The highest BCUT2D eigenvalue weighted by Crippen LogP contribution is 2.21. The van der Waals surface area contributed by atoms with Crippen LogP contribution in [-0.2, 0) is 0 Å². The van der Waals surface area contributed by atoms with Crippen LogP contribution in [0.15, 0.2) is 33.5 Å². The summed E-state index contributed by atoms with van der Waals surface area (Å²) in [7, 11) is 0. The van der Waals surface area contributed by atoms with Gasteiger partial charge >= 0.3 is 5.63 Å². The lowest BCUT2D eigenvalue weighted by Gasteiger charge is -2.03. The summed E-state index contributed by atoms with van der Waals surface area (Å²) in [5, 5.41) is 3.93. The summed E-state index contributed by atoms with van der Waals surface area (Å²) in [4.78, 5) is 23.5. The molecule has 0 aliphatic heterocycles. The summed E-state index contributed by atoms with van der Waals surface area (Å²) in [5.74, 6) is -0.381. The second kappa shape index (κ2) is 4.14. The zero-order chi connectivity index (χ0) is 12.7. The quantitative estimate of drug-likeness (QED) is 0.846. The van der Waals surface area contributed by atoms with Gasteiger partial charge in [-0.1, -0.05) is 11.6 Å². The lowest BCUT2D eigenvalue weighted by molar-refractivity contribution is 0.0947. The normalized spacial score (nSPS) is 14.7. The van der Waals surface area contributed by atoms with Gasteiger partial charge in [0.05, 0.1) is 0 Å². The first-order valence-electron chi connectivity index (χ1n) is 5.68. The molecule has 92 valence electrons. The minimum atomic E-state index is -0.622. The topological polar surface area (TPSA) is 59.3 Å². The number of nitrogens with one attached hydrogen (secondary N) is 1. The molecule has 2 aromatic rings. The van der Waals surface area contributed by atoms with Crippen LogP contribution in [0.25, 0.3) is 11.0 Å². The van der Waals surface area contributed by atoms with E-state index in [9.17, 15) is 9.59 Å². The molecule has 1 fully saturated rings. The lowest BCUT2D eigenvalue weighted by atomic mass is 10.2. The predicted octanol–water partition coefficient (Wildman–Crippen LogP) is 2.34. The first-order valence-corrected chi connectivity index (χ1v) is 6.05. The molecule has 1 aromatic carbocycles. The Bertz CT molecular complexity index is 688. The van der Waals surface area contributed by atoms with Gasteiger partial charge in [-0.05, 0) is 37.1 Å². The van der Waals surface area contributed by atoms with Crippen molar-refractivity contribution in [1.29, 1.82) is 0 Å². The molecule has 1 amide bonds. The average molecular weight is 264 g/mol. The fraction of sp³-hybridized carbons (Fsp3) is 0.231. The maximum atomic E-state index is 11.8. The van der Waals surface area contributed by atoms with Crippen LogP contribution in [-0.4, -0.2) is 11.9 Å². The van der Waals surface area contributed by atoms with Gasteiger partial charge in [-0.3, -0.25) is 4.79 Å². The lowest BCUT2D eigenvalue weighted by Crippen LogP contribution is -2.29. The summed E-state index contributed by atoms with van der Waals surface area (Å²) < 4.78 is 5.10. The first-order chi connectivity index (χ1) is 8.63. The monoisotopic (exact) mass is 263 g/mol. The molecule has 4 nitrogen and oxygen atoms in total. The summed E-state index contributed by atoms with van der Waals surface area (Å²) in [6.07, 6.45) is 1.94. The molecule has 3 rings (SSSR count). The number of hydrogen-bond donors (Lipinski definition) is 1.